The van der Waals surface area contributed by atoms with Gasteiger partial charge >= 0.3 is 5.97 Å². The average molecular weight is 609 g/mol. The quantitative estimate of drug-likeness (QED) is 0.214. The van der Waals surface area contributed by atoms with Crippen LogP contribution in [0.3, 0.4) is 0 Å². The van der Waals surface area contributed by atoms with Crippen molar-refractivity contribution < 1.29 is 38.2 Å². The molecule has 1 aliphatic rings. The molecule has 12 nitrogen and oxygen atoms in total. The van der Waals surface area contributed by atoms with Crippen molar-refractivity contribution in [2.24, 2.45) is 0 Å². The second-order valence-electron chi connectivity index (χ2n) is 9.33. The molecule has 3 aromatic carbocycles. The molecule has 0 unspecified atom stereocenters. The molecule has 0 radical (unpaired) electrons. The number of carbonyl (C=O) groups is 5. The van der Waals surface area contributed by atoms with Crippen LogP contribution < -0.4 is 25.2 Å². The first kappa shape index (κ1) is 30.8. The van der Waals surface area contributed by atoms with E-state index in [9.17, 15) is 24.0 Å². The van der Waals surface area contributed by atoms with E-state index in [0.717, 1.165) is 0 Å². The average Bonchev–Trinajstić information content (AvgIpc) is 3.13. The number of amides is 4. The van der Waals surface area contributed by atoms with Crippen molar-refractivity contribution >= 4 is 46.9 Å². The van der Waals surface area contributed by atoms with Crippen molar-refractivity contribution in [2.45, 2.75) is 13.5 Å². The van der Waals surface area contributed by atoms with Gasteiger partial charge in [0.25, 0.3) is 17.7 Å². The summed E-state index contributed by atoms with van der Waals surface area (Å²) in [5.41, 5.74) is 6.19. The summed E-state index contributed by atoms with van der Waals surface area (Å²) in [4.78, 5) is 65.6. The lowest BCUT2D eigenvalue weighted by molar-refractivity contribution is -0.141. The van der Waals surface area contributed by atoms with Crippen LogP contribution in [-0.4, -0.2) is 67.9 Å². The highest BCUT2D eigenvalue weighted by atomic mass is 35.5. The molecule has 0 bridgehead atoms. The van der Waals surface area contributed by atoms with Gasteiger partial charge in [-0.15, -0.1) is 0 Å². The lowest BCUT2D eigenvalue weighted by Crippen LogP contribution is -2.48. The van der Waals surface area contributed by atoms with Gasteiger partial charge in [0.15, 0.2) is 0 Å². The molecule has 43 heavy (non-hydrogen) atoms. The Bertz CT molecular complexity index is 1550. The van der Waals surface area contributed by atoms with Gasteiger partial charge in [0.1, 0.15) is 37.8 Å². The number of fused-ring (bicyclic) bond motifs is 1. The van der Waals surface area contributed by atoms with Gasteiger partial charge in [-0.2, -0.15) is 0 Å². The molecule has 0 aliphatic carbocycles. The number of halogens is 1. The third-order valence-corrected chi connectivity index (χ3v) is 6.66. The number of nitrogens with one attached hydrogen (secondary N) is 2. The summed E-state index contributed by atoms with van der Waals surface area (Å²) in [6.45, 7) is 0.791. The highest BCUT2D eigenvalue weighted by Crippen LogP contribution is 2.30. The van der Waals surface area contributed by atoms with E-state index in [1.807, 2.05) is 0 Å². The second-order valence-corrected chi connectivity index (χ2v) is 9.74. The molecule has 0 saturated heterocycles. The van der Waals surface area contributed by atoms with E-state index in [2.05, 4.69) is 10.9 Å². The molecule has 13 heteroatoms. The molecule has 0 spiro atoms. The molecule has 0 aromatic heterocycles. The predicted octanol–water partition coefficient (Wildman–Crippen LogP) is 2.74. The molecular weight excluding hydrogens is 580 g/mol. The number of methoxy groups -OCH3 is 1. The number of rotatable bonds is 9. The molecular formula is C30H29ClN4O8. The summed E-state index contributed by atoms with van der Waals surface area (Å²) in [7, 11) is 1.47. The minimum absolute atomic E-state index is 0.0544. The third kappa shape index (κ3) is 8.01. The monoisotopic (exact) mass is 608 g/mol. The molecule has 0 fully saturated rings. The number of nitrogens with zero attached hydrogens (tertiary/aromatic N) is 2. The summed E-state index contributed by atoms with van der Waals surface area (Å²) < 4.78 is 15.5. The fraction of sp³-hybridized carbons (Fsp3) is 0.233. The fourth-order valence-corrected chi connectivity index (χ4v) is 4.52. The Kier molecular flexibility index (Phi) is 10.2. The maximum Gasteiger partial charge on any atom is 0.302 e. The van der Waals surface area contributed by atoms with E-state index in [0.29, 0.717) is 22.7 Å². The van der Waals surface area contributed by atoms with Gasteiger partial charge in [-0.3, -0.25) is 39.7 Å². The molecule has 1 heterocycles. The number of anilines is 1. The Balaban J connectivity index is 1.43. The van der Waals surface area contributed by atoms with Crippen LogP contribution >= 0.6 is 11.6 Å². The van der Waals surface area contributed by atoms with Crippen LogP contribution in [0.25, 0.3) is 0 Å². The fourth-order valence-electron chi connectivity index (χ4n) is 4.27. The molecule has 1 aliphatic heterocycles. The highest BCUT2D eigenvalue weighted by molar-refractivity contribution is 6.34. The largest absolute Gasteiger partial charge is 0.497 e. The molecule has 0 atom stereocenters. The smallest absolute Gasteiger partial charge is 0.302 e. The van der Waals surface area contributed by atoms with E-state index in [-0.39, 0.29) is 49.0 Å². The van der Waals surface area contributed by atoms with Crippen LogP contribution in [-0.2, 0) is 25.7 Å². The number of hydrazine groups is 1. The van der Waals surface area contributed by atoms with Crippen LogP contribution in [0.1, 0.15) is 33.2 Å². The summed E-state index contributed by atoms with van der Waals surface area (Å²) in [5, 5.41) is 0.104. The van der Waals surface area contributed by atoms with E-state index in [1.165, 1.54) is 42.0 Å². The van der Waals surface area contributed by atoms with Crippen molar-refractivity contribution in [3.8, 4) is 11.5 Å². The van der Waals surface area contributed by atoms with Crippen LogP contribution in [0.4, 0.5) is 5.69 Å². The van der Waals surface area contributed by atoms with Gasteiger partial charge in [0.05, 0.1) is 17.7 Å². The first-order valence-electron chi connectivity index (χ1n) is 13.1. The zero-order valence-corrected chi connectivity index (χ0v) is 24.2. The van der Waals surface area contributed by atoms with Crippen LogP contribution in [0, 0.1) is 0 Å². The van der Waals surface area contributed by atoms with E-state index in [4.69, 9.17) is 25.8 Å². The summed E-state index contributed by atoms with van der Waals surface area (Å²) in [6, 6.07) is 17.9. The Hall–Kier alpha value is -5.10. The minimum Gasteiger partial charge on any atom is -0.497 e. The normalized spacial score (nSPS) is 12.5. The summed E-state index contributed by atoms with van der Waals surface area (Å²) >= 11 is 6.43. The Morgan fingerprint density at radius 3 is 2.44 bits per heavy atom. The van der Waals surface area contributed by atoms with Crippen LogP contribution in [0.2, 0.25) is 5.02 Å². The number of para-hydroxylation sites is 1. The Morgan fingerprint density at radius 1 is 0.907 bits per heavy atom. The van der Waals surface area contributed by atoms with Crippen molar-refractivity contribution in [3.05, 3.63) is 88.4 Å². The molecule has 224 valence electrons. The molecule has 2 N–H and O–H groups in total. The third-order valence-electron chi connectivity index (χ3n) is 6.35. The number of hydrogen-bond acceptors (Lipinski definition) is 8. The van der Waals surface area contributed by atoms with E-state index < -0.39 is 29.6 Å². The van der Waals surface area contributed by atoms with Crippen molar-refractivity contribution in [1.82, 2.24) is 15.8 Å². The minimum atomic E-state index is -0.630. The lowest BCUT2D eigenvalue weighted by Gasteiger charge is -2.23. The molecule has 4 amide bonds. The van der Waals surface area contributed by atoms with E-state index >= 15 is 0 Å². The molecule has 3 aromatic rings. The van der Waals surface area contributed by atoms with Gasteiger partial charge in [0, 0.05) is 24.7 Å². The highest BCUT2D eigenvalue weighted by Gasteiger charge is 2.31. The zero-order valence-electron chi connectivity index (χ0n) is 23.4. The number of benzene rings is 3. The van der Waals surface area contributed by atoms with Gasteiger partial charge in [-0.25, -0.2) is 0 Å². The predicted molar refractivity (Wildman–Crippen MR) is 156 cm³/mol. The van der Waals surface area contributed by atoms with Gasteiger partial charge < -0.3 is 19.1 Å². The topological polar surface area (TPSA) is 144 Å². The first-order valence-corrected chi connectivity index (χ1v) is 13.5. The molecule has 4 rings (SSSR count). The van der Waals surface area contributed by atoms with E-state index in [1.54, 1.807) is 48.5 Å². The van der Waals surface area contributed by atoms with Crippen molar-refractivity contribution in [2.75, 3.05) is 38.3 Å². The van der Waals surface area contributed by atoms with Gasteiger partial charge in [0.2, 0.25) is 5.91 Å². The van der Waals surface area contributed by atoms with Crippen molar-refractivity contribution in [3.63, 3.8) is 0 Å². The molecule has 0 saturated carbocycles. The number of carbonyl (C=O) groups excluding carboxylic acids is 5. The second kappa shape index (κ2) is 14.2. The Labute approximate surface area is 252 Å². The number of hydrogen-bond donors (Lipinski definition) is 2. The number of esters is 1. The lowest BCUT2D eigenvalue weighted by atomic mass is 10.1. The summed E-state index contributed by atoms with van der Waals surface area (Å²) in [5.74, 6) is -1.77. The maximum absolute atomic E-state index is 13.7. The SMILES string of the molecule is COc1cccc(C(=O)NNC(=O)CN2Cc3ccccc3N(C(=O)c3ccc(OCCOC(C)=O)cc3Cl)CC2=O)c1. The summed E-state index contributed by atoms with van der Waals surface area (Å²) in [6.07, 6.45) is 0. The van der Waals surface area contributed by atoms with Gasteiger partial charge in [-0.05, 0) is 48.0 Å². The van der Waals surface area contributed by atoms with Crippen LogP contribution in [0.5, 0.6) is 11.5 Å². The van der Waals surface area contributed by atoms with Gasteiger partial charge in [-0.1, -0.05) is 35.9 Å². The van der Waals surface area contributed by atoms with Crippen molar-refractivity contribution in [1.29, 1.82) is 0 Å². The standard InChI is InChI=1S/C30H29ClN4O8/c1-19(36)42-12-13-43-23-10-11-24(25(31)15-23)30(40)35-18-28(38)34(16-21-6-3-4-9-26(21)35)17-27(37)32-33-29(39)20-7-5-8-22(14-20)41-2/h3-11,14-15H,12-13,16-18H2,1-2H3,(H,32,37)(H,33,39). The zero-order chi connectivity index (χ0) is 30.9. The Morgan fingerprint density at radius 2 is 1.70 bits per heavy atom. The van der Waals surface area contributed by atoms with Crippen LogP contribution in [0.15, 0.2) is 66.7 Å². The first-order chi connectivity index (χ1) is 20.7. The maximum atomic E-state index is 13.7. The number of ether oxygens (including phenoxy) is 3.